The zero-order chi connectivity index (χ0) is 18.8. The van der Waals surface area contributed by atoms with Crippen LogP contribution in [0.15, 0.2) is 34.9 Å². The van der Waals surface area contributed by atoms with Crippen molar-refractivity contribution < 1.29 is 9.32 Å². The number of unbranched alkanes of at least 4 members (excludes halogenated alkanes) is 1. The first-order valence-electron chi connectivity index (χ1n) is 8.34. The molecule has 7 heteroatoms. The number of halogens is 2. The molecule has 0 fully saturated rings. The Morgan fingerprint density at radius 2 is 2.04 bits per heavy atom. The summed E-state index contributed by atoms with van der Waals surface area (Å²) >= 11 is 12.2. The lowest BCUT2D eigenvalue weighted by Gasteiger charge is -2.09. The molecule has 3 aromatic rings. The fraction of sp³-hybridized carbons (Fsp3) is 0.263. The van der Waals surface area contributed by atoms with Gasteiger partial charge in [0, 0.05) is 28.9 Å². The topological polar surface area (TPSA) is 74.1 Å². The lowest BCUT2D eigenvalue weighted by atomic mass is 10.1. The van der Waals surface area contributed by atoms with Crippen LogP contribution in [0.4, 0.5) is 0 Å². The van der Waals surface area contributed by atoms with Crippen LogP contribution in [0.2, 0.25) is 10.0 Å². The number of primary amides is 1. The molecule has 0 aliphatic carbocycles. The molecule has 0 radical (unpaired) electrons. The van der Waals surface area contributed by atoms with Gasteiger partial charge in [-0.1, -0.05) is 41.7 Å². The minimum Gasteiger partial charge on any atom is -0.366 e. The molecule has 0 atom stereocenters. The van der Waals surface area contributed by atoms with Gasteiger partial charge >= 0.3 is 0 Å². The molecule has 0 aliphatic rings. The Labute approximate surface area is 161 Å². The summed E-state index contributed by atoms with van der Waals surface area (Å²) < 4.78 is 7.58. The Balaban J connectivity index is 2.05. The predicted molar refractivity (Wildman–Crippen MR) is 104 cm³/mol. The first kappa shape index (κ1) is 18.5. The third kappa shape index (κ3) is 3.50. The van der Waals surface area contributed by atoms with Crippen LogP contribution in [0.5, 0.6) is 0 Å². The highest BCUT2D eigenvalue weighted by atomic mass is 35.5. The van der Waals surface area contributed by atoms with Gasteiger partial charge in [-0.05, 0) is 37.6 Å². The van der Waals surface area contributed by atoms with E-state index in [4.69, 9.17) is 33.5 Å². The molecule has 0 aliphatic heterocycles. The van der Waals surface area contributed by atoms with Gasteiger partial charge in [-0.3, -0.25) is 4.79 Å². The Bertz CT molecular complexity index is 960. The Hall–Kier alpha value is -2.24. The van der Waals surface area contributed by atoms with Gasteiger partial charge < -0.3 is 14.8 Å². The lowest BCUT2D eigenvalue weighted by Crippen LogP contribution is -2.12. The molecule has 0 bridgehead atoms. The smallest absolute Gasteiger partial charge is 0.250 e. The first-order chi connectivity index (χ1) is 12.4. The Morgan fingerprint density at radius 1 is 1.27 bits per heavy atom. The molecule has 2 aromatic heterocycles. The van der Waals surface area contributed by atoms with Gasteiger partial charge in [0.2, 0.25) is 0 Å². The van der Waals surface area contributed by atoms with Crippen molar-refractivity contribution >= 4 is 29.1 Å². The van der Waals surface area contributed by atoms with Crippen molar-refractivity contribution in [3.8, 4) is 22.7 Å². The van der Waals surface area contributed by atoms with Crippen molar-refractivity contribution in [2.24, 2.45) is 5.73 Å². The second-order valence-electron chi connectivity index (χ2n) is 6.10. The Morgan fingerprint density at radius 3 is 2.69 bits per heavy atom. The van der Waals surface area contributed by atoms with E-state index in [0.29, 0.717) is 27.1 Å². The summed E-state index contributed by atoms with van der Waals surface area (Å²) in [5.74, 6) is 0.0946. The van der Waals surface area contributed by atoms with Crippen LogP contribution in [0.1, 0.15) is 35.8 Å². The summed E-state index contributed by atoms with van der Waals surface area (Å²) in [5.41, 5.74) is 8.91. The number of nitrogens with zero attached hydrogens (tertiary/aromatic N) is 2. The van der Waals surface area contributed by atoms with Gasteiger partial charge in [0.25, 0.3) is 5.91 Å². The zero-order valence-electron chi connectivity index (χ0n) is 14.6. The number of carbonyl (C=O) groups is 1. The van der Waals surface area contributed by atoms with Crippen molar-refractivity contribution in [3.63, 3.8) is 0 Å². The Kier molecular flexibility index (Phi) is 5.39. The van der Waals surface area contributed by atoms with Gasteiger partial charge in [0.1, 0.15) is 5.69 Å². The number of aromatic nitrogens is 2. The summed E-state index contributed by atoms with van der Waals surface area (Å²) in [7, 11) is 0. The van der Waals surface area contributed by atoms with Crippen LogP contribution in [-0.2, 0) is 6.54 Å². The molecule has 1 amide bonds. The van der Waals surface area contributed by atoms with E-state index in [9.17, 15) is 4.79 Å². The maximum Gasteiger partial charge on any atom is 0.250 e. The van der Waals surface area contributed by atoms with Crippen LogP contribution in [0.3, 0.4) is 0 Å². The van der Waals surface area contributed by atoms with E-state index in [1.165, 1.54) is 0 Å². The van der Waals surface area contributed by atoms with Crippen molar-refractivity contribution in [2.45, 2.75) is 33.2 Å². The van der Waals surface area contributed by atoms with Crippen LogP contribution in [0, 0.1) is 6.92 Å². The second kappa shape index (κ2) is 7.56. The van der Waals surface area contributed by atoms with Crippen molar-refractivity contribution in [1.82, 2.24) is 9.72 Å². The number of carbonyl (C=O) groups excluding carboxylic acids is 1. The predicted octanol–water partition coefficient (Wildman–Crippen LogP) is 5.32. The monoisotopic (exact) mass is 391 g/mol. The van der Waals surface area contributed by atoms with Gasteiger partial charge in [-0.2, -0.15) is 0 Å². The number of hydrogen-bond acceptors (Lipinski definition) is 3. The van der Waals surface area contributed by atoms with Crippen LogP contribution in [0.25, 0.3) is 22.7 Å². The van der Waals surface area contributed by atoms with Crippen molar-refractivity contribution in [3.05, 3.63) is 51.6 Å². The van der Waals surface area contributed by atoms with Gasteiger partial charge in [-0.15, -0.1) is 0 Å². The van der Waals surface area contributed by atoms with E-state index in [1.54, 1.807) is 30.3 Å². The van der Waals surface area contributed by atoms with E-state index in [2.05, 4.69) is 12.1 Å². The lowest BCUT2D eigenvalue weighted by molar-refractivity contribution is 0.0999. The van der Waals surface area contributed by atoms with Crippen LogP contribution >= 0.6 is 23.2 Å². The zero-order valence-corrected chi connectivity index (χ0v) is 16.1. The average molecular weight is 392 g/mol. The van der Waals surface area contributed by atoms with Crippen LogP contribution in [-0.4, -0.2) is 15.6 Å². The standard InChI is InChI=1S/C19H19Cl2N3O2/c1-3-4-7-24-11(2)14(19(22)25)9-17(24)18-10-16(23-26-18)13-6-5-12(20)8-15(13)21/h5-6,8-10H,3-4,7H2,1-2H3,(H2,22,25). The number of rotatable bonds is 6. The second-order valence-corrected chi connectivity index (χ2v) is 6.94. The van der Waals surface area contributed by atoms with E-state index < -0.39 is 5.91 Å². The van der Waals surface area contributed by atoms with Crippen molar-refractivity contribution in [1.29, 1.82) is 0 Å². The summed E-state index contributed by atoms with van der Waals surface area (Å²) in [6.45, 7) is 4.76. The maximum absolute atomic E-state index is 11.7. The molecule has 5 nitrogen and oxygen atoms in total. The van der Waals surface area contributed by atoms with E-state index in [1.807, 2.05) is 11.5 Å². The largest absolute Gasteiger partial charge is 0.366 e. The van der Waals surface area contributed by atoms with Crippen molar-refractivity contribution in [2.75, 3.05) is 0 Å². The highest BCUT2D eigenvalue weighted by Crippen LogP contribution is 2.33. The highest BCUT2D eigenvalue weighted by Gasteiger charge is 2.20. The minimum atomic E-state index is -0.459. The molecule has 0 saturated heterocycles. The van der Waals surface area contributed by atoms with Gasteiger partial charge in [0.15, 0.2) is 5.76 Å². The molecule has 0 spiro atoms. The first-order valence-corrected chi connectivity index (χ1v) is 9.10. The summed E-state index contributed by atoms with van der Waals surface area (Å²) in [5, 5.41) is 5.17. The average Bonchev–Trinajstić information content (AvgIpc) is 3.18. The summed E-state index contributed by atoms with van der Waals surface area (Å²) in [6, 6.07) is 8.75. The van der Waals surface area contributed by atoms with E-state index >= 15 is 0 Å². The molecule has 0 saturated carbocycles. The van der Waals surface area contributed by atoms with Crippen LogP contribution < -0.4 is 5.73 Å². The maximum atomic E-state index is 11.7. The quantitative estimate of drug-likeness (QED) is 0.617. The molecule has 0 unspecified atom stereocenters. The number of benzene rings is 1. The minimum absolute atomic E-state index is 0.459. The third-order valence-electron chi connectivity index (χ3n) is 4.34. The fourth-order valence-electron chi connectivity index (χ4n) is 2.92. The molecule has 136 valence electrons. The normalized spacial score (nSPS) is 11.1. The molecule has 2 N–H and O–H groups in total. The van der Waals surface area contributed by atoms with E-state index in [-0.39, 0.29) is 0 Å². The molecular formula is C19H19Cl2N3O2. The number of nitrogens with two attached hydrogens (primary N) is 1. The van der Waals surface area contributed by atoms with E-state index in [0.717, 1.165) is 36.3 Å². The summed E-state index contributed by atoms with van der Waals surface area (Å²) in [4.78, 5) is 11.7. The molecule has 26 heavy (non-hydrogen) atoms. The SMILES string of the molecule is CCCCn1c(-c2cc(-c3ccc(Cl)cc3Cl)no2)cc(C(N)=O)c1C. The van der Waals surface area contributed by atoms with Gasteiger partial charge in [0.05, 0.1) is 16.3 Å². The highest BCUT2D eigenvalue weighted by molar-refractivity contribution is 6.36. The third-order valence-corrected chi connectivity index (χ3v) is 4.88. The summed E-state index contributed by atoms with van der Waals surface area (Å²) in [6.07, 6.45) is 2.01. The number of amides is 1. The molecule has 1 aromatic carbocycles. The molecular weight excluding hydrogens is 373 g/mol. The number of hydrogen-bond donors (Lipinski definition) is 1. The van der Waals surface area contributed by atoms with Gasteiger partial charge in [-0.25, -0.2) is 0 Å². The molecule has 3 rings (SSSR count). The fourth-order valence-corrected chi connectivity index (χ4v) is 3.43. The molecule has 2 heterocycles.